The first-order chi connectivity index (χ1) is 19.1. The van der Waals surface area contributed by atoms with Crippen molar-refractivity contribution in [2.24, 2.45) is 0 Å². The number of imide groups is 1. The van der Waals surface area contributed by atoms with E-state index in [0.29, 0.717) is 36.0 Å². The Morgan fingerprint density at radius 1 is 0.925 bits per heavy atom. The Morgan fingerprint density at radius 3 is 2.30 bits per heavy atom. The second-order valence-corrected chi connectivity index (χ2v) is 11.1. The van der Waals surface area contributed by atoms with Crippen LogP contribution in [0.25, 0.3) is 6.08 Å². The van der Waals surface area contributed by atoms with Gasteiger partial charge >= 0.3 is 0 Å². The monoisotopic (exact) mass is 560 g/mol. The summed E-state index contributed by atoms with van der Waals surface area (Å²) < 4.78 is 17.1. The second kappa shape index (κ2) is 12.7. The maximum atomic E-state index is 12.9. The van der Waals surface area contributed by atoms with Gasteiger partial charge in [0.25, 0.3) is 11.1 Å². The molecular formula is C31H32N2O6S. The third-order valence-electron chi connectivity index (χ3n) is 6.05. The predicted molar refractivity (Wildman–Crippen MR) is 157 cm³/mol. The van der Waals surface area contributed by atoms with Crippen molar-refractivity contribution in [3.8, 4) is 17.2 Å². The molecule has 0 radical (unpaired) electrons. The molecule has 1 N–H and O–H groups in total. The summed E-state index contributed by atoms with van der Waals surface area (Å²) in [5.74, 6) is 0.793. The maximum absolute atomic E-state index is 12.9. The van der Waals surface area contributed by atoms with E-state index in [1.807, 2.05) is 18.2 Å². The minimum atomic E-state index is -0.523. The molecule has 1 fully saturated rings. The summed E-state index contributed by atoms with van der Waals surface area (Å²) in [4.78, 5) is 38.8. The molecule has 1 aliphatic heterocycles. The van der Waals surface area contributed by atoms with Crippen LogP contribution in [0, 0.1) is 0 Å². The molecule has 40 heavy (non-hydrogen) atoms. The van der Waals surface area contributed by atoms with Crippen LogP contribution in [0.15, 0.2) is 77.7 Å². The highest BCUT2D eigenvalue weighted by Gasteiger charge is 2.36. The molecule has 0 bridgehead atoms. The fourth-order valence-electron chi connectivity index (χ4n) is 3.91. The Bertz CT molecular complexity index is 1400. The zero-order valence-electron chi connectivity index (χ0n) is 22.9. The average molecular weight is 561 g/mol. The third-order valence-corrected chi connectivity index (χ3v) is 6.96. The van der Waals surface area contributed by atoms with E-state index in [0.717, 1.165) is 22.4 Å². The molecule has 0 aliphatic carbocycles. The van der Waals surface area contributed by atoms with Crippen LogP contribution in [0.1, 0.15) is 31.9 Å². The van der Waals surface area contributed by atoms with Crippen molar-refractivity contribution in [3.63, 3.8) is 0 Å². The molecule has 208 valence electrons. The van der Waals surface area contributed by atoms with Crippen LogP contribution in [0.3, 0.4) is 0 Å². The van der Waals surface area contributed by atoms with Crippen molar-refractivity contribution >= 4 is 40.6 Å². The summed E-state index contributed by atoms with van der Waals surface area (Å²) in [6.45, 7) is 6.79. The van der Waals surface area contributed by atoms with Gasteiger partial charge in [-0.15, -0.1) is 0 Å². The smallest absolute Gasteiger partial charge is 0.294 e. The Balaban J connectivity index is 1.32. The van der Waals surface area contributed by atoms with Gasteiger partial charge in [0.2, 0.25) is 5.91 Å². The van der Waals surface area contributed by atoms with Crippen LogP contribution in [0.5, 0.6) is 17.2 Å². The first-order valence-corrected chi connectivity index (χ1v) is 13.6. The molecule has 1 saturated heterocycles. The topological polar surface area (TPSA) is 94.2 Å². The van der Waals surface area contributed by atoms with E-state index in [2.05, 4.69) is 38.2 Å². The highest BCUT2D eigenvalue weighted by atomic mass is 32.2. The quantitative estimate of drug-likeness (QED) is 0.236. The Labute approximate surface area is 238 Å². The van der Waals surface area contributed by atoms with E-state index < -0.39 is 17.1 Å². The number of amides is 3. The largest absolute Gasteiger partial charge is 0.493 e. The lowest BCUT2D eigenvalue weighted by molar-refractivity contribution is -0.127. The van der Waals surface area contributed by atoms with Crippen LogP contribution in [-0.4, -0.2) is 48.8 Å². The number of nitrogens with one attached hydrogen (secondary N) is 1. The Morgan fingerprint density at radius 2 is 1.62 bits per heavy atom. The van der Waals surface area contributed by atoms with Gasteiger partial charge in [0, 0.05) is 5.69 Å². The van der Waals surface area contributed by atoms with Gasteiger partial charge in [-0.05, 0) is 70.8 Å². The fourth-order valence-corrected chi connectivity index (χ4v) is 4.75. The van der Waals surface area contributed by atoms with Gasteiger partial charge in [-0.25, -0.2) is 0 Å². The van der Waals surface area contributed by atoms with Gasteiger partial charge in [-0.3, -0.25) is 19.3 Å². The molecule has 1 aliphatic rings. The van der Waals surface area contributed by atoms with Crippen molar-refractivity contribution in [1.82, 2.24) is 4.90 Å². The number of rotatable bonds is 10. The highest BCUT2D eigenvalue weighted by molar-refractivity contribution is 8.18. The van der Waals surface area contributed by atoms with Crippen LogP contribution in [0.4, 0.5) is 10.5 Å². The Hall–Kier alpha value is -4.24. The van der Waals surface area contributed by atoms with Gasteiger partial charge in [0.1, 0.15) is 25.5 Å². The van der Waals surface area contributed by atoms with Gasteiger partial charge < -0.3 is 19.5 Å². The second-order valence-electron chi connectivity index (χ2n) is 10.1. The van der Waals surface area contributed by atoms with E-state index in [-0.39, 0.29) is 16.9 Å². The molecule has 3 aromatic carbocycles. The number of hydrogen-bond acceptors (Lipinski definition) is 7. The van der Waals surface area contributed by atoms with Crippen LogP contribution >= 0.6 is 11.8 Å². The lowest BCUT2D eigenvalue weighted by Crippen LogP contribution is -2.36. The molecule has 0 saturated carbocycles. The summed E-state index contributed by atoms with van der Waals surface area (Å²) >= 11 is 0.789. The first kappa shape index (κ1) is 28.8. The zero-order valence-corrected chi connectivity index (χ0v) is 23.7. The molecule has 0 unspecified atom stereocenters. The third kappa shape index (κ3) is 7.45. The van der Waals surface area contributed by atoms with E-state index in [1.165, 1.54) is 12.7 Å². The van der Waals surface area contributed by atoms with Crippen LogP contribution < -0.4 is 19.5 Å². The fraction of sp³-hybridized carbons (Fsp3) is 0.258. The van der Waals surface area contributed by atoms with E-state index in [4.69, 9.17) is 14.2 Å². The molecule has 3 aromatic rings. The van der Waals surface area contributed by atoms with Crippen molar-refractivity contribution < 1.29 is 28.6 Å². The van der Waals surface area contributed by atoms with E-state index >= 15 is 0 Å². The summed E-state index contributed by atoms with van der Waals surface area (Å²) in [6, 6.07) is 22.1. The summed E-state index contributed by atoms with van der Waals surface area (Å²) in [5, 5.41) is 2.18. The number of carbonyl (C=O) groups is 3. The number of ether oxygens (including phenoxy) is 3. The maximum Gasteiger partial charge on any atom is 0.294 e. The predicted octanol–water partition coefficient (Wildman–Crippen LogP) is 6.13. The summed E-state index contributed by atoms with van der Waals surface area (Å²) in [7, 11) is 1.53. The molecule has 4 rings (SSSR count). The molecule has 9 heteroatoms. The number of thioether (sulfide) groups is 1. The normalized spacial score (nSPS) is 14.4. The lowest BCUT2D eigenvalue weighted by Gasteiger charge is -2.19. The number of carbonyl (C=O) groups excluding carboxylic acids is 3. The lowest BCUT2D eigenvalue weighted by atomic mass is 9.87. The van der Waals surface area contributed by atoms with Crippen molar-refractivity contribution in [3.05, 3.63) is 88.8 Å². The van der Waals surface area contributed by atoms with Gasteiger partial charge in [-0.1, -0.05) is 57.2 Å². The summed E-state index contributed by atoms with van der Waals surface area (Å²) in [6.07, 6.45) is 1.59. The Kier molecular flexibility index (Phi) is 9.16. The molecule has 0 spiro atoms. The molecule has 0 aromatic heterocycles. The SMILES string of the molecule is COc1cc(/C=C2\SC(=O)N(CC(=O)Nc3ccccc3)C2=O)ccc1OCCOc1ccc(C(C)(C)C)cc1. The van der Waals surface area contributed by atoms with Gasteiger partial charge in [0.05, 0.1) is 12.0 Å². The zero-order chi connectivity index (χ0) is 28.7. The van der Waals surface area contributed by atoms with Gasteiger partial charge in [-0.2, -0.15) is 0 Å². The van der Waals surface area contributed by atoms with Crippen molar-refractivity contribution in [1.29, 1.82) is 0 Å². The number of anilines is 1. The van der Waals surface area contributed by atoms with Crippen molar-refractivity contribution in [2.75, 3.05) is 32.2 Å². The number of nitrogens with zero attached hydrogens (tertiary/aromatic N) is 1. The standard InChI is InChI=1S/C31H32N2O6S/c1-31(2,3)22-11-13-24(14-12-22)38-16-17-39-25-15-10-21(18-26(25)37-4)19-27-29(35)33(30(36)40-27)20-28(34)32-23-8-6-5-7-9-23/h5-15,18-19H,16-17,20H2,1-4H3,(H,32,34)/b27-19-. The molecule has 0 atom stereocenters. The number of para-hydroxylation sites is 1. The van der Waals surface area contributed by atoms with E-state index in [1.54, 1.807) is 48.5 Å². The van der Waals surface area contributed by atoms with E-state index in [9.17, 15) is 14.4 Å². The molecule has 3 amide bonds. The average Bonchev–Trinajstić information content (AvgIpc) is 3.19. The minimum Gasteiger partial charge on any atom is -0.493 e. The van der Waals surface area contributed by atoms with Crippen LogP contribution in [-0.2, 0) is 15.0 Å². The van der Waals surface area contributed by atoms with Gasteiger partial charge in [0.15, 0.2) is 11.5 Å². The highest BCUT2D eigenvalue weighted by Crippen LogP contribution is 2.34. The molecular weight excluding hydrogens is 528 g/mol. The first-order valence-electron chi connectivity index (χ1n) is 12.8. The number of hydrogen-bond donors (Lipinski definition) is 1. The minimum absolute atomic E-state index is 0.0813. The number of benzene rings is 3. The summed E-state index contributed by atoms with van der Waals surface area (Å²) in [5.41, 5.74) is 2.56. The number of methoxy groups -OCH3 is 1. The molecule has 1 heterocycles. The van der Waals surface area contributed by atoms with Crippen molar-refractivity contribution in [2.45, 2.75) is 26.2 Å². The van der Waals surface area contributed by atoms with Crippen LogP contribution in [0.2, 0.25) is 0 Å². The molecule has 8 nitrogen and oxygen atoms in total.